The van der Waals surface area contributed by atoms with Gasteiger partial charge in [0.25, 0.3) is 0 Å². The summed E-state index contributed by atoms with van der Waals surface area (Å²) >= 11 is 0. The first-order chi connectivity index (χ1) is 9.42. The Kier molecular flexibility index (Phi) is 4.62. The molecule has 2 rings (SSSR count). The first-order valence-electron chi connectivity index (χ1n) is 6.69. The first-order valence-corrected chi connectivity index (χ1v) is 8.17. The summed E-state index contributed by atoms with van der Waals surface area (Å²) in [5.41, 5.74) is 5.50. The van der Waals surface area contributed by atoms with Gasteiger partial charge in [0.15, 0.2) is 0 Å². The molecule has 1 aromatic carbocycles. The molecule has 0 aliphatic carbocycles. The predicted molar refractivity (Wildman–Crippen MR) is 76.2 cm³/mol. The van der Waals surface area contributed by atoms with E-state index >= 15 is 0 Å². The summed E-state index contributed by atoms with van der Waals surface area (Å²) in [5.74, 6) is -0.234. The molecule has 1 aliphatic heterocycles. The average Bonchev–Trinajstić information content (AvgIpc) is 2.84. The van der Waals surface area contributed by atoms with Crippen molar-refractivity contribution >= 4 is 15.7 Å². The van der Waals surface area contributed by atoms with Gasteiger partial charge in [0.2, 0.25) is 10.0 Å². The highest BCUT2D eigenvalue weighted by atomic mass is 32.2. The zero-order valence-electron chi connectivity index (χ0n) is 11.5. The lowest BCUT2D eigenvalue weighted by Gasteiger charge is -2.14. The Hall–Kier alpha value is -1.18. The molecule has 0 aromatic heterocycles. The van der Waals surface area contributed by atoms with E-state index in [-0.39, 0.29) is 10.6 Å². The fourth-order valence-corrected chi connectivity index (χ4v) is 3.66. The van der Waals surface area contributed by atoms with Crippen molar-refractivity contribution in [2.45, 2.75) is 18.2 Å². The maximum absolute atomic E-state index is 12.9. The number of nitrogens with zero attached hydrogens (tertiary/aromatic N) is 1. The molecule has 0 spiro atoms. The van der Waals surface area contributed by atoms with Crippen molar-refractivity contribution in [1.82, 2.24) is 9.62 Å². The fraction of sp³-hybridized carbons (Fsp3) is 0.538. The van der Waals surface area contributed by atoms with Gasteiger partial charge in [-0.15, -0.1) is 0 Å². The second-order valence-corrected chi connectivity index (χ2v) is 6.82. The van der Waals surface area contributed by atoms with Gasteiger partial charge in [0.05, 0.1) is 5.69 Å². The fourth-order valence-electron chi connectivity index (χ4n) is 2.44. The molecule has 0 bridgehead atoms. The minimum absolute atomic E-state index is 0.0655. The SMILES string of the molecule is CCN1CCC(CNS(=O)(=O)c2ccc(F)cc2N)C1. The third-order valence-corrected chi connectivity index (χ3v) is 5.14. The van der Waals surface area contributed by atoms with Crippen LogP contribution >= 0.6 is 0 Å². The monoisotopic (exact) mass is 301 g/mol. The number of likely N-dealkylation sites (tertiary alicyclic amines) is 1. The normalized spacial score (nSPS) is 20.4. The molecule has 20 heavy (non-hydrogen) atoms. The first kappa shape index (κ1) is 15.2. The minimum Gasteiger partial charge on any atom is -0.398 e. The largest absolute Gasteiger partial charge is 0.398 e. The number of hydrogen-bond donors (Lipinski definition) is 2. The Morgan fingerprint density at radius 3 is 2.85 bits per heavy atom. The number of nitrogen functional groups attached to an aromatic ring is 1. The van der Waals surface area contributed by atoms with E-state index in [2.05, 4.69) is 16.5 Å². The third-order valence-electron chi connectivity index (χ3n) is 3.64. The Labute approximate surface area is 119 Å². The number of halogens is 1. The van der Waals surface area contributed by atoms with Crippen LogP contribution in [0.4, 0.5) is 10.1 Å². The van der Waals surface area contributed by atoms with Gasteiger partial charge in [0.1, 0.15) is 10.7 Å². The Morgan fingerprint density at radius 2 is 2.25 bits per heavy atom. The number of hydrogen-bond acceptors (Lipinski definition) is 4. The molecule has 1 aromatic rings. The molecule has 5 nitrogen and oxygen atoms in total. The van der Waals surface area contributed by atoms with Crippen molar-refractivity contribution in [2.24, 2.45) is 5.92 Å². The van der Waals surface area contributed by atoms with E-state index in [1.165, 1.54) is 6.07 Å². The van der Waals surface area contributed by atoms with E-state index in [1.54, 1.807) is 0 Å². The second kappa shape index (κ2) is 6.07. The van der Waals surface area contributed by atoms with Gasteiger partial charge in [-0.1, -0.05) is 6.92 Å². The topological polar surface area (TPSA) is 75.4 Å². The molecule has 1 atom stereocenters. The maximum Gasteiger partial charge on any atom is 0.242 e. The third kappa shape index (κ3) is 3.47. The molecule has 1 unspecified atom stereocenters. The van der Waals surface area contributed by atoms with Crippen LogP contribution in [0.5, 0.6) is 0 Å². The molecule has 3 N–H and O–H groups in total. The van der Waals surface area contributed by atoms with Crippen molar-refractivity contribution in [3.8, 4) is 0 Å². The summed E-state index contributed by atoms with van der Waals surface area (Å²) in [4.78, 5) is 2.22. The minimum atomic E-state index is -3.68. The van der Waals surface area contributed by atoms with Crippen LogP contribution in [-0.4, -0.2) is 39.5 Å². The van der Waals surface area contributed by atoms with Crippen LogP contribution in [0.15, 0.2) is 23.1 Å². The van der Waals surface area contributed by atoms with E-state index in [4.69, 9.17) is 5.73 Å². The lowest BCUT2D eigenvalue weighted by Crippen LogP contribution is -2.31. The molecule has 0 amide bonds. The van der Waals surface area contributed by atoms with Gasteiger partial charge in [-0.25, -0.2) is 17.5 Å². The number of nitrogens with two attached hydrogens (primary N) is 1. The highest BCUT2D eigenvalue weighted by Crippen LogP contribution is 2.20. The molecule has 0 saturated carbocycles. The van der Waals surface area contributed by atoms with Crippen molar-refractivity contribution in [3.05, 3.63) is 24.0 Å². The van der Waals surface area contributed by atoms with Crippen LogP contribution in [0.25, 0.3) is 0 Å². The molecule has 1 aliphatic rings. The highest BCUT2D eigenvalue weighted by molar-refractivity contribution is 7.89. The lowest BCUT2D eigenvalue weighted by molar-refractivity contribution is 0.342. The van der Waals surface area contributed by atoms with Gasteiger partial charge in [-0.2, -0.15) is 0 Å². The standard InChI is InChI=1S/C13H20FN3O2S/c1-2-17-6-5-10(9-17)8-16-20(18,19)13-4-3-11(14)7-12(13)15/h3-4,7,10,16H,2,5-6,8-9,15H2,1H3. The van der Waals surface area contributed by atoms with Gasteiger partial charge in [-0.3, -0.25) is 0 Å². The number of anilines is 1. The Balaban J connectivity index is 2.01. The summed E-state index contributed by atoms with van der Waals surface area (Å²) in [6, 6.07) is 3.31. The van der Waals surface area contributed by atoms with Crippen molar-refractivity contribution in [2.75, 3.05) is 31.9 Å². The van der Waals surface area contributed by atoms with Gasteiger partial charge >= 0.3 is 0 Å². The Morgan fingerprint density at radius 1 is 1.50 bits per heavy atom. The highest BCUT2D eigenvalue weighted by Gasteiger charge is 2.24. The van der Waals surface area contributed by atoms with Gasteiger partial charge in [-0.05, 0) is 43.6 Å². The van der Waals surface area contributed by atoms with Gasteiger partial charge < -0.3 is 10.6 Å². The lowest BCUT2D eigenvalue weighted by atomic mass is 10.1. The quantitative estimate of drug-likeness (QED) is 0.797. The van der Waals surface area contributed by atoms with E-state index < -0.39 is 15.8 Å². The number of rotatable bonds is 5. The van der Waals surface area contributed by atoms with E-state index in [0.29, 0.717) is 12.5 Å². The van der Waals surface area contributed by atoms with Crippen molar-refractivity contribution in [3.63, 3.8) is 0 Å². The van der Waals surface area contributed by atoms with Crippen LogP contribution in [0.1, 0.15) is 13.3 Å². The van der Waals surface area contributed by atoms with E-state index in [0.717, 1.165) is 38.2 Å². The molecule has 7 heteroatoms. The van der Waals surface area contributed by atoms with Crippen LogP contribution < -0.4 is 10.5 Å². The van der Waals surface area contributed by atoms with E-state index in [9.17, 15) is 12.8 Å². The number of nitrogens with one attached hydrogen (secondary N) is 1. The number of benzene rings is 1. The van der Waals surface area contributed by atoms with Crippen LogP contribution in [0, 0.1) is 11.7 Å². The zero-order valence-corrected chi connectivity index (χ0v) is 12.3. The predicted octanol–water partition coefficient (Wildman–Crippen LogP) is 1.03. The van der Waals surface area contributed by atoms with Gasteiger partial charge in [0, 0.05) is 13.1 Å². The summed E-state index contributed by atoms with van der Waals surface area (Å²) in [6.07, 6.45) is 0.981. The second-order valence-electron chi connectivity index (χ2n) is 5.08. The molecule has 1 heterocycles. The Bertz CT molecular complexity index is 577. The smallest absolute Gasteiger partial charge is 0.242 e. The maximum atomic E-state index is 12.9. The summed E-state index contributed by atoms with van der Waals surface area (Å²) in [7, 11) is -3.68. The van der Waals surface area contributed by atoms with Crippen molar-refractivity contribution in [1.29, 1.82) is 0 Å². The molecule has 0 radical (unpaired) electrons. The zero-order chi connectivity index (χ0) is 14.8. The summed E-state index contributed by atoms with van der Waals surface area (Å²) in [5, 5.41) is 0. The molecular formula is C13H20FN3O2S. The van der Waals surface area contributed by atoms with Crippen LogP contribution in [0.3, 0.4) is 0 Å². The molecule has 1 fully saturated rings. The molecule has 1 saturated heterocycles. The molecular weight excluding hydrogens is 281 g/mol. The molecule has 112 valence electrons. The van der Waals surface area contributed by atoms with Crippen LogP contribution in [-0.2, 0) is 10.0 Å². The van der Waals surface area contributed by atoms with E-state index in [1.807, 2.05) is 0 Å². The average molecular weight is 301 g/mol. The van der Waals surface area contributed by atoms with Crippen molar-refractivity contribution < 1.29 is 12.8 Å². The summed E-state index contributed by atoms with van der Waals surface area (Å²) in [6.45, 7) is 5.36. The van der Waals surface area contributed by atoms with Crippen LogP contribution in [0.2, 0.25) is 0 Å². The summed E-state index contributed by atoms with van der Waals surface area (Å²) < 4.78 is 39.8. The number of sulfonamides is 1.